The van der Waals surface area contributed by atoms with Crippen molar-refractivity contribution < 1.29 is 4.74 Å². The predicted molar refractivity (Wildman–Crippen MR) is 76.3 cm³/mol. The Hall–Kier alpha value is -1.66. The molecule has 0 radical (unpaired) electrons. The summed E-state index contributed by atoms with van der Waals surface area (Å²) in [6, 6.07) is 5.46. The van der Waals surface area contributed by atoms with E-state index in [2.05, 4.69) is 22.4 Å². The molecule has 2 heterocycles. The van der Waals surface area contributed by atoms with Crippen molar-refractivity contribution in [3.05, 3.63) is 23.2 Å². The molecular weight excluding hydrogens is 278 g/mol. The van der Waals surface area contributed by atoms with Gasteiger partial charge in [0.25, 0.3) is 0 Å². The van der Waals surface area contributed by atoms with E-state index in [1.807, 2.05) is 0 Å². The summed E-state index contributed by atoms with van der Waals surface area (Å²) in [5.41, 5.74) is 7.21. The Kier molecular flexibility index (Phi) is 3.58. The number of tetrazole rings is 1. The first-order chi connectivity index (χ1) is 9.66. The zero-order valence-electron chi connectivity index (χ0n) is 11.2. The summed E-state index contributed by atoms with van der Waals surface area (Å²) >= 11 is 6.23. The molecule has 2 N–H and O–H groups in total. The molecule has 0 spiro atoms. The van der Waals surface area contributed by atoms with E-state index in [1.165, 1.54) is 0 Å². The highest BCUT2D eigenvalue weighted by molar-refractivity contribution is 6.33. The van der Waals surface area contributed by atoms with Gasteiger partial charge in [-0.15, -0.1) is 5.10 Å². The van der Waals surface area contributed by atoms with Crippen LogP contribution in [0.25, 0.3) is 11.4 Å². The van der Waals surface area contributed by atoms with E-state index in [9.17, 15) is 0 Å². The second kappa shape index (κ2) is 5.38. The average molecular weight is 294 g/mol. The molecule has 3 rings (SSSR count). The molecule has 2 aromatic rings. The van der Waals surface area contributed by atoms with Crippen LogP contribution >= 0.6 is 11.6 Å². The number of nitrogens with zero attached hydrogens (tertiary/aromatic N) is 4. The maximum Gasteiger partial charge on any atom is 0.183 e. The van der Waals surface area contributed by atoms with Gasteiger partial charge < -0.3 is 10.5 Å². The molecule has 0 bridgehead atoms. The zero-order chi connectivity index (χ0) is 14.1. The van der Waals surface area contributed by atoms with Crippen molar-refractivity contribution in [3.8, 4) is 11.4 Å². The lowest BCUT2D eigenvalue weighted by atomic mass is 10.0. The number of nitrogens with two attached hydrogens (primary N) is 1. The van der Waals surface area contributed by atoms with Crippen LogP contribution in [0.2, 0.25) is 5.02 Å². The van der Waals surface area contributed by atoms with Crippen molar-refractivity contribution in [1.82, 2.24) is 20.2 Å². The van der Waals surface area contributed by atoms with Crippen LogP contribution in [-0.4, -0.2) is 33.4 Å². The van der Waals surface area contributed by atoms with E-state index in [0.717, 1.165) is 25.2 Å². The Morgan fingerprint density at radius 1 is 1.50 bits per heavy atom. The highest BCUT2D eigenvalue weighted by Crippen LogP contribution is 2.32. The first-order valence-electron chi connectivity index (χ1n) is 6.58. The molecule has 1 aliphatic rings. The van der Waals surface area contributed by atoms with Gasteiger partial charge in [0.1, 0.15) is 0 Å². The zero-order valence-corrected chi connectivity index (χ0v) is 11.9. The van der Waals surface area contributed by atoms with E-state index in [4.69, 9.17) is 22.1 Å². The molecule has 6 nitrogen and oxygen atoms in total. The molecule has 20 heavy (non-hydrogen) atoms. The quantitative estimate of drug-likeness (QED) is 0.878. The highest BCUT2D eigenvalue weighted by Gasteiger charge is 2.27. The van der Waals surface area contributed by atoms with Gasteiger partial charge in [0.2, 0.25) is 0 Å². The molecule has 0 amide bonds. The Balaban J connectivity index is 1.99. The number of hydrogen-bond acceptors (Lipinski definition) is 5. The molecule has 0 aliphatic carbocycles. The summed E-state index contributed by atoms with van der Waals surface area (Å²) in [6.07, 6.45) is 1.02. The monoisotopic (exact) mass is 293 g/mol. The van der Waals surface area contributed by atoms with Gasteiger partial charge in [-0.2, -0.15) is 0 Å². The molecule has 2 unspecified atom stereocenters. The summed E-state index contributed by atoms with van der Waals surface area (Å²) in [6.45, 7) is 3.63. The van der Waals surface area contributed by atoms with Crippen LogP contribution < -0.4 is 5.73 Å². The molecule has 7 heteroatoms. The fourth-order valence-corrected chi connectivity index (χ4v) is 2.69. The third kappa shape index (κ3) is 2.36. The second-order valence-electron chi connectivity index (χ2n) is 5.05. The Morgan fingerprint density at radius 3 is 3.10 bits per heavy atom. The van der Waals surface area contributed by atoms with E-state index in [0.29, 0.717) is 22.5 Å². The fraction of sp³-hybridized carbons (Fsp3) is 0.462. The molecule has 1 aromatic carbocycles. The topological polar surface area (TPSA) is 78.8 Å². The maximum atomic E-state index is 6.23. The van der Waals surface area contributed by atoms with Crippen molar-refractivity contribution in [3.63, 3.8) is 0 Å². The van der Waals surface area contributed by atoms with E-state index in [1.54, 1.807) is 22.9 Å². The van der Waals surface area contributed by atoms with Crippen molar-refractivity contribution in [1.29, 1.82) is 0 Å². The Bertz CT molecular complexity index is 609. The number of rotatable bonds is 3. The Morgan fingerprint density at radius 2 is 2.35 bits per heavy atom. The first kappa shape index (κ1) is 13.3. The van der Waals surface area contributed by atoms with Crippen LogP contribution in [0.4, 0.5) is 5.69 Å². The van der Waals surface area contributed by atoms with E-state index in [-0.39, 0.29) is 6.04 Å². The van der Waals surface area contributed by atoms with Crippen molar-refractivity contribution in [2.24, 2.45) is 5.92 Å². The lowest BCUT2D eigenvalue weighted by Crippen LogP contribution is -2.19. The summed E-state index contributed by atoms with van der Waals surface area (Å²) in [5.74, 6) is 1.05. The lowest BCUT2D eigenvalue weighted by Gasteiger charge is -2.19. The van der Waals surface area contributed by atoms with Gasteiger partial charge >= 0.3 is 0 Å². The molecular formula is C13H16ClN5O. The summed E-state index contributed by atoms with van der Waals surface area (Å²) in [5, 5.41) is 12.6. The largest absolute Gasteiger partial charge is 0.399 e. The van der Waals surface area contributed by atoms with Gasteiger partial charge in [-0.05, 0) is 42.0 Å². The van der Waals surface area contributed by atoms with E-state index < -0.39 is 0 Å². The average Bonchev–Trinajstić information content (AvgIpc) is 3.11. The number of aromatic nitrogens is 4. The minimum absolute atomic E-state index is 0.153. The number of nitrogen functional groups attached to an aromatic ring is 1. The summed E-state index contributed by atoms with van der Waals surface area (Å²) in [4.78, 5) is 0. The third-order valence-corrected chi connectivity index (χ3v) is 4.09. The van der Waals surface area contributed by atoms with Crippen LogP contribution in [0.3, 0.4) is 0 Å². The number of ether oxygens (including phenoxy) is 1. The highest BCUT2D eigenvalue weighted by atomic mass is 35.5. The van der Waals surface area contributed by atoms with Crippen LogP contribution in [0, 0.1) is 5.92 Å². The number of hydrogen-bond donors (Lipinski definition) is 1. The fourth-order valence-electron chi connectivity index (χ4n) is 2.49. The van der Waals surface area contributed by atoms with Crippen molar-refractivity contribution in [2.45, 2.75) is 19.4 Å². The van der Waals surface area contributed by atoms with Crippen LogP contribution in [0.5, 0.6) is 0 Å². The predicted octanol–water partition coefficient (Wildman–Crippen LogP) is 2.17. The molecule has 1 saturated heterocycles. The maximum absolute atomic E-state index is 6.23. The van der Waals surface area contributed by atoms with Crippen LogP contribution in [0.1, 0.15) is 19.4 Å². The van der Waals surface area contributed by atoms with Crippen LogP contribution in [0.15, 0.2) is 18.2 Å². The van der Waals surface area contributed by atoms with Gasteiger partial charge in [0.15, 0.2) is 5.82 Å². The van der Waals surface area contributed by atoms with Gasteiger partial charge in [-0.1, -0.05) is 11.6 Å². The van der Waals surface area contributed by atoms with Crippen molar-refractivity contribution in [2.75, 3.05) is 18.9 Å². The molecule has 2 atom stereocenters. The third-order valence-electron chi connectivity index (χ3n) is 3.76. The number of anilines is 1. The van der Waals surface area contributed by atoms with Crippen LogP contribution in [-0.2, 0) is 4.74 Å². The molecule has 1 aliphatic heterocycles. The molecule has 0 saturated carbocycles. The smallest absolute Gasteiger partial charge is 0.183 e. The van der Waals surface area contributed by atoms with Gasteiger partial charge in [-0.3, -0.25) is 0 Å². The first-order valence-corrected chi connectivity index (χ1v) is 6.95. The van der Waals surface area contributed by atoms with Gasteiger partial charge in [-0.25, -0.2) is 4.68 Å². The minimum Gasteiger partial charge on any atom is -0.399 e. The van der Waals surface area contributed by atoms with E-state index >= 15 is 0 Å². The lowest BCUT2D eigenvalue weighted by molar-refractivity contribution is 0.173. The molecule has 1 fully saturated rings. The molecule has 1 aromatic heterocycles. The molecule has 106 valence electrons. The van der Waals surface area contributed by atoms with Crippen molar-refractivity contribution >= 4 is 17.3 Å². The normalized spacial score (nSPS) is 20.2. The van der Waals surface area contributed by atoms with Gasteiger partial charge in [0, 0.05) is 23.8 Å². The minimum atomic E-state index is 0.153. The second-order valence-corrected chi connectivity index (χ2v) is 5.46. The Labute approximate surface area is 121 Å². The number of benzene rings is 1. The number of halogens is 1. The summed E-state index contributed by atoms with van der Waals surface area (Å²) < 4.78 is 7.24. The SMILES string of the molecule is CC(C1CCOC1)n1nnnc1-c1cc(N)ccc1Cl. The summed E-state index contributed by atoms with van der Waals surface area (Å²) in [7, 11) is 0. The van der Waals surface area contributed by atoms with Gasteiger partial charge in [0.05, 0.1) is 17.7 Å². The standard InChI is InChI=1S/C13H16ClN5O/c1-8(9-4-5-20-7-9)19-13(16-17-18-19)11-6-10(15)2-3-12(11)14/h2-3,6,8-9H,4-5,7,15H2,1H3.